The van der Waals surface area contributed by atoms with Crippen molar-refractivity contribution in [2.75, 3.05) is 6.61 Å². The van der Waals surface area contributed by atoms with Gasteiger partial charge in [0.05, 0.1) is 11.9 Å². The van der Waals surface area contributed by atoms with Gasteiger partial charge in [0.1, 0.15) is 12.3 Å². The SMILES string of the molecule is CC(=O)OC[C@@H](OC(C)=O)[C@@H](OC(C)=O)[C@H](OC(C)=O)[C@@H](OC(C)=O)c1cnn(-c2ccccc2)n1. The summed E-state index contributed by atoms with van der Waals surface area (Å²) in [6.45, 7) is 4.93. The highest BCUT2D eigenvalue weighted by Gasteiger charge is 2.45. The second-order valence-electron chi connectivity index (χ2n) is 7.52. The molecule has 0 aliphatic carbocycles. The molecule has 0 aliphatic rings. The van der Waals surface area contributed by atoms with E-state index in [0.29, 0.717) is 5.69 Å². The number of ether oxygens (including phenoxy) is 5. The van der Waals surface area contributed by atoms with Crippen LogP contribution in [0.1, 0.15) is 46.4 Å². The summed E-state index contributed by atoms with van der Waals surface area (Å²) in [5.41, 5.74) is 0.616. The lowest BCUT2D eigenvalue weighted by molar-refractivity contribution is -0.203. The molecule has 1 aromatic carbocycles. The minimum absolute atomic E-state index is 0.0338. The van der Waals surface area contributed by atoms with E-state index in [-0.39, 0.29) is 5.69 Å². The number of carbonyl (C=O) groups is 5. The summed E-state index contributed by atoms with van der Waals surface area (Å²) in [6.07, 6.45) is -4.75. The molecule has 36 heavy (non-hydrogen) atoms. The van der Waals surface area contributed by atoms with Gasteiger partial charge in [0.25, 0.3) is 0 Å². The second kappa shape index (κ2) is 13.0. The average Bonchev–Trinajstić information content (AvgIpc) is 3.27. The van der Waals surface area contributed by atoms with Crippen LogP contribution in [0, 0.1) is 0 Å². The lowest BCUT2D eigenvalue weighted by Crippen LogP contribution is -2.50. The number of nitrogens with zero attached hydrogens (tertiary/aromatic N) is 3. The van der Waals surface area contributed by atoms with Gasteiger partial charge in [-0.15, -0.1) is 5.10 Å². The van der Waals surface area contributed by atoms with Crippen LogP contribution in [-0.4, -0.2) is 69.8 Å². The molecule has 1 aromatic heterocycles. The van der Waals surface area contributed by atoms with E-state index in [1.165, 1.54) is 11.0 Å². The molecule has 4 atom stereocenters. The summed E-state index contributed by atoms with van der Waals surface area (Å²) in [4.78, 5) is 60.5. The van der Waals surface area contributed by atoms with Gasteiger partial charge in [-0.3, -0.25) is 24.0 Å². The zero-order chi connectivity index (χ0) is 26.8. The van der Waals surface area contributed by atoms with E-state index in [1.54, 1.807) is 30.3 Å². The van der Waals surface area contributed by atoms with Gasteiger partial charge in [-0.25, -0.2) is 0 Å². The summed E-state index contributed by atoms with van der Waals surface area (Å²) in [5.74, 6) is -3.97. The van der Waals surface area contributed by atoms with E-state index in [0.717, 1.165) is 34.6 Å². The van der Waals surface area contributed by atoms with Crippen LogP contribution < -0.4 is 0 Å². The monoisotopic (exact) mass is 505 g/mol. The predicted octanol–water partition coefficient (Wildman–Crippen LogP) is 1.23. The number of rotatable bonds is 11. The number of hydrogen-bond acceptors (Lipinski definition) is 12. The maximum atomic E-state index is 12.1. The third kappa shape index (κ3) is 8.49. The van der Waals surface area contributed by atoms with E-state index in [4.69, 9.17) is 23.7 Å². The Hall–Kier alpha value is -4.29. The van der Waals surface area contributed by atoms with Crippen molar-refractivity contribution in [1.29, 1.82) is 0 Å². The molecule has 0 bridgehead atoms. The lowest BCUT2D eigenvalue weighted by Gasteiger charge is -2.34. The van der Waals surface area contributed by atoms with Crippen LogP contribution in [0.25, 0.3) is 5.69 Å². The van der Waals surface area contributed by atoms with Crippen LogP contribution in [0.5, 0.6) is 0 Å². The minimum Gasteiger partial charge on any atom is -0.462 e. The highest BCUT2D eigenvalue weighted by molar-refractivity contribution is 5.69. The van der Waals surface area contributed by atoms with Crippen molar-refractivity contribution in [2.24, 2.45) is 0 Å². The Morgan fingerprint density at radius 3 is 1.83 bits per heavy atom. The molecule has 0 spiro atoms. The fourth-order valence-corrected chi connectivity index (χ4v) is 3.21. The first kappa shape index (κ1) is 28.0. The van der Waals surface area contributed by atoms with Crippen LogP contribution in [-0.2, 0) is 47.7 Å². The first-order valence-electron chi connectivity index (χ1n) is 10.8. The first-order chi connectivity index (χ1) is 17.0. The number of hydrogen-bond donors (Lipinski definition) is 0. The fourth-order valence-electron chi connectivity index (χ4n) is 3.21. The Labute approximate surface area is 206 Å². The van der Waals surface area contributed by atoms with E-state index in [9.17, 15) is 24.0 Å². The zero-order valence-corrected chi connectivity index (χ0v) is 20.4. The molecule has 0 fully saturated rings. The quantitative estimate of drug-likeness (QED) is 0.317. The zero-order valence-electron chi connectivity index (χ0n) is 20.4. The Kier molecular flexibility index (Phi) is 10.1. The van der Waals surface area contributed by atoms with Crippen molar-refractivity contribution in [2.45, 2.75) is 59.0 Å². The van der Waals surface area contributed by atoms with Crippen LogP contribution >= 0.6 is 0 Å². The van der Waals surface area contributed by atoms with Crippen molar-refractivity contribution in [1.82, 2.24) is 15.0 Å². The van der Waals surface area contributed by atoms with Gasteiger partial charge >= 0.3 is 29.8 Å². The highest BCUT2D eigenvalue weighted by atomic mass is 16.6. The third-order valence-electron chi connectivity index (χ3n) is 4.44. The predicted molar refractivity (Wildman–Crippen MR) is 119 cm³/mol. The first-order valence-corrected chi connectivity index (χ1v) is 10.8. The van der Waals surface area contributed by atoms with Crippen LogP contribution in [0.3, 0.4) is 0 Å². The van der Waals surface area contributed by atoms with Gasteiger partial charge in [-0.2, -0.15) is 9.90 Å². The number of aromatic nitrogens is 3. The van der Waals surface area contributed by atoms with E-state index >= 15 is 0 Å². The third-order valence-corrected chi connectivity index (χ3v) is 4.44. The van der Waals surface area contributed by atoms with Crippen LogP contribution in [0.2, 0.25) is 0 Å². The number of carbonyl (C=O) groups excluding carboxylic acids is 5. The number of para-hydroxylation sites is 1. The maximum Gasteiger partial charge on any atom is 0.303 e. The molecule has 194 valence electrons. The molecule has 0 radical (unpaired) electrons. The van der Waals surface area contributed by atoms with Crippen molar-refractivity contribution < 1.29 is 47.7 Å². The Bertz CT molecular complexity index is 1080. The van der Waals surface area contributed by atoms with Gasteiger partial charge in [-0.05, 0) is 12.1 Å². The number of esters is 5. The van der Waals surface area contributed by atoms with E-state index < -0.39 is 60.9 Å². The smallest absolute Gasteiger partial charge is 0.303 e. The highest BCUT2D eigenvalue weighted by Crippen LogP contribution is 2.29. The summed E-state index contributed by atoms with van der Waals surface area (Å²) >= 11 is 0. The van der Waals surface area contributed by atoms with Gasteiger partial charge in [-0.1, -0.05) is 18.2 Å². The van der Waals surface area contributed by atoms with Gasteiger partial charge in [0, 0.05) is 34.6 Å². The molecule has 0 N–H and O–H groups in total. The lowest BCUT2D eigenvalue weighted by atomic mass is 10.00. The molecule has 0 amide bonds. The van der Waals surface area contributed by atoms with E-state index in [2.05, 4.69) is 10.2 Å². The molecule has 2 aromatic rings. The molecular formula is C23H27N3O10. The second-order valence-corrected chi connectivity index (χ2v) is 7.52. The Morgan fingerprint density at radius 1 is 0.750 bits per heavy atom. The summed E-state index contributed by atoms with van der Waals surface area (Å²) in [5, 5.41) is 8.48. The molecule has 0 unspecified atom stereocenters. The van der Waals surface area contributed by atoms with Gasteiger partial charge in [0.2, 0.25) is 0 Å². The molecule has 13 heteroatoms. The topological polar surface area (TPSA) is 162 Å². The molecule has 1 heterocycles. The van der Waals surface area contributed by atoms with Gasteiger partial charge in [0.15, 0.2) is 24.4 Å². The van der Waals surface area contributed by atoms with Crippen molar-refractivity contribution >= 4 is 29.8 Å². The minimum atomic E-state index is -1.57. The average molecular weight is 505 g/mol. The fraction of sp³-hybridized carbons (Fsp3) is 0.435. The van der Waals surface area contributed by atoms with E-state index in [1.807, 2.05) is 0 Å². The molecule has 13 nitrogen and oxygen atoms in total. The van der Waals surface area contributed by atoms with Crippen molar-refractivity contribution in [3.8, 4) is 5.69 Å². The summed E-state index contributed by atoms with van der Waals surface area (Å²) in [6, 6.07) is 8.78. The molecule has 0 saturated carbocycles. The molecular weight excluding hydrogens is 478 g/mol. The Balaban J connectivity index is 2.60. The summed E-state index contributed by atoms with van der Waals surface area (Å²) < 4.78 is 26.4. The largest absolute Gasteiger partial charge is 0.462 e. The van der Waals surface area contributed by atoms with Crippen LogP contribution in [0.4, 0.5) is 0 Å². The Morgan fingerprint density at radius 2 is 1.31 bits per heavy atom. The van der Waals surface area contributed by atoms with Gasteiger partial charge < -0.3 is 23.7 Å². The normalized spacial score (nSPS) is 13.9. The number of benzene rings is 1. The molecule has 2 rings (SSSR count). The van der Waals surface area contributed by atoms with Crippen molar-refractivity contribution in [3.05, 3.63) is 42.2 Å². The maximum absolute atomic E-state index is 12.1. The molecule has 0 aliphatic heterocycles. The van der Waals surface area contributed by atoms with Crippen LogP contribution in [0.15, 0.2) is 36.5 Å². The molecule has 0 saturated heterocycles. The van der Waals surface area contributed by atoms with Crippen molar-refractivity contribution in [3.63, 3.8) is 0 Å². The standard InChI is InChI=1S/C23H27N3O10/c1-13(27)32-12-20(33-14(2)28)22(35-16(4)30)23(36-17(5)31)21(34-15(3)29)19-11-24-26(25-19)18-9-7-6-8-10-18/h6-11,20-23H,12H2,1-5H3/t20-,21+,22-,23-/m1/s1. The summed E-state index contributed by atoms with van der Waals surface area (Å²) in [7, 11) is 0.